The Morgan fingerprint density at radius 1 is 1.05 bits per heavy atom. The Hall–Kier alpha value is -2.24. The molecule has 3 rings (SSSR count). The smallest absolute Gasteiger partial charge is 0.128 e. The van der Waals surface area contributed by atoms with Gasteiger partial charge in [0.2, 0.25) is 0 Å². The molecule has 1 aromatic heterocycles. The lowest BCUT2D eigenvalue weighted by Crippen LogP contribution is -2.00. The van der Waals surface area contributed by atoms with E-state index in [1.165, 1.54) is 16.7 Å². The first-order chi connectivity index (χ1) is 10.5. The molecule has 0 bridgehead atoms. The van der Waals surface area contributed by atoms with Crippen LogP contribution in [0.25, 0.3) is 10.9 Å². The Morgan fingerprint density at radius 2 is 1.73 bits per heavy atom. The molecule has 0 unspecified atom stereocenters. The lowest BCUT2D eigenvalue weighted by molar-refractivity contribution is 0.836. The van der Waals surface area contributed by atoms with Crippen LogP contribution >= 0.6 is 11.6 Å². The van der Waals surface area contributed by atoms with Crippen molar-refractivity contribution < 1.29 is 0 Å². The average molecular weight is 309 g/mol. The first kappa shape index (κ1) is 14.7. The number of hydrogen-bond acceptors (Lipinski definition) is 1. The summed E-state index contributed by atoms with van der Waals surface area (Å²) in [6, 6.07) is 14.8. The molecule has 0 radical (unpaired) electrons. The van der Waals surface area contributed by atoms with E-state index < -0.39 is 0 Å². The molecule has 3 heteroatoms. The number of benzene rings is 2. The van der Waals surface area contributed by atoms with Crippen LogP contribution in [-0.2, 0) is 6.54 Å². The van der Waals surface area contributed by atoms with Gasteiger partial charge in [0.05, 0.1) is 11.1 Å². The third-order valence-electron chi connectivity index (χ3n) is 4.02. The molecule has 3 aromatic rings. The van der Waals surface area contributed by atoms with Crippen LogP contribution < -0.4 is 0 Å². The van der Waals surface area contributed by atoms with Gasteiger partial charge in [0.15, 0.2) is 0 Å². The third-order valence-corrected chi connectivity index (χ3v) is 4.41. The molecule has 0 saturated carbocycles. The summed E-state index contributed by atoms with van der Waals surface area (Å²) in [6.45, 7) is 6.83. The average Bonchev–Trinajstić information content (AvgIpc) is 2.74. The number of rotatable bonds is 2. The Kier molecular flexibility index (Phi) is 3.68. The molecule has 0 amide bonds. The fourth-order valence-electron chi connectivity index (χ4n) is 2.96. The highest BCUT2D eigenvalue weighted by Crippen LogP contribution is 2.33. The van der Waals surface area contributed by atoms with Crippen LogP contribution in [-0.4, -0.2) is 4.57 Å². The fraction of sp³-hybridized carbons (Fsp3) is 0.211. The minimum atomic E-state index is 0.520. The largest absolute Gasteiger partial charge is 0.326 e. The second-order valence-electron chi connectivity index (χ2n) is 5.83. The molecule has 0 aliphatic rings. The van der Waals surface area contributed by atoms with Crippen LogP contribution in [0.1, 0.15) is 27.8 Å². The van der Waals surface area contributed by atoms with Gasteiger partial charge in [-0.15, -0.1) is 0 Å². The second kappa shape index (κ2) is 5.51. The lowest BCUT2D eigenvalue weighted by atomic mass is 10.1. The number of aromatic nitrogens is 1. The summed E-state index contributed by atoms with van der Waals surface area (Å²) in [5.41, 5.74) is 6.27. The van der Waals surface area contributed by atoms with Crippen molar-refractivity contribution >= 4 is 22.5 Å². The predicted molar refractivity (Wildman–Crippen MR) is 91.4 cm³/mol. The van der Waals surface area contributed by atoms with Crippen molar-refractivity contribution in [2.24, 2.45) is 0 Å². The Balaban J connectivity index is 2.23. The maximum atomic E-state index is 9.48. The van der Waals surface area contributed by atoms with Crippen LogP contribution in [0.15, 0.2) is 36.4 Å². The molecule has 110 valence electrons. The first-order valence-corrected chi connectivity index (χ1v) is 7.63. The maximum absolute atomic E-state index is 9.48. The number of fused-ring (bicyclic) bond motifs is 1. The van der Waals surface area contributed by atoms with E-state index in [1.807, 2.05) is 11.5 Å². The highest BCUT2D eigenvalue weighted by Gasteiger charge is 2.17. The van der Waals surface area contributed by atoms with Gasteiger partial charge in [0, 0.05) is 11.9 Å². The van der Waals surface area contributed by atoms with E-state index in [9.17, 15) is 5.26 Å². The predicted octanol–water partition coefficient (Wildman–Crippen LogP) is 5.14. The molecular weight excluding hydrogens is 292 g/mol. The van der Waals surface area contributed by atoms with Crippen molar-refractivity contribution in [3.05, 3.63) is 69.4 Å². The Morgan fingerprint density at radius 3 is 2.36 bits per heavy atom. The van der Waals surface area contributed by atoms with Crippen LogP contribution in [0.3, 0.4) is 0 Å². The van der Waals surface area contributed by atoms with Gasteiger partial charge in [-0.05, 0) is 43.5 Å². The zero-order chi connectivity index (χ0) is 15.9. The van der Waals surface area contributed by atoms with Crippen LogP contribution in [0.4, 0.5) is 0 Å². The van der Waals surface area contributed by atoms with E-state index >= 15 is 0 Å². The highest BCUT2D eigenvalue weighted by molar-refractivity contribution is 6.32. The number of hydrogen-bond donors (Lipinski definition) is 0. The third kappa shape index (κ3) is 2.38. The molecule has 0 N–H and O–H groups in total. The summed E-state index contributed by atoms with van der Waals surface area (Å²) in [6.07, 6.45) is 0. The summed E-state index contributed by atoms with van der Waals surface area (Å²) in [7, 11) is 0. The monoisotopic (exact) mass is 308 g/mol. The van der Waals surface area contributed by atoms with Gasteiger partial charge in [0.25, 0.3) is 0 Å². The molecule has 0 fully saturated rings. The molecule has 1 heterocycles. The van der Waals surface area contributed by atoms with Crippen molar-refractivity contribution in [1.29, 1.82) is 5.26 Å². The zero-order valence-corrected chi connectivity index (χ0v) is 13.7. The maximum Gasteiger partial charge on any atom is 0.128 e. The molecule has 2 aromatic carbocycles. The summed E-state index contributed by atoms with van der Waals surface area (Å²) >= 11 is 6.50. The van der Waals surface area contributed by atoms with Gasteiger partial charge >= 0.3 is 0 Å². The molecule has 0 aliphatic carbocycles. The van der Waals surface area contributed by atoms with E-state index in [4.69, 9.17) is 11.6 Å². The summed E-state index contributed by atoms with van der Waals surface area (Å²) in [5.74, 6) is 0. The van der Waals surface area contributed by atoms with Crippen molar-refractivity contribution in [3.8, 4) is 6.07 Å². The normalized spacial score (nSPS) is 10.9. The topological polar surface area (TPSA) is 28.7 Å². The van der Waals surface area contributed by atoms with E-state index in [1.54, 1.807) is 0 Å². The minimum Gasteiger partial charge on any atom is -0.326 e. The van der Waals surface area contributed by atoms with Gasteiger partial charge in [-0.3, -0.25) is 0 Å². The summed E-state index contributed by atoms with van der Waals surface area (Å²) < 4.78 is 2.03. The molecule has 0 saturated heterocycles. The zero-order valence-electron chi connectivity index (χ0n) is 12.9. The quantitative estimate of drug-likeness (QED) is 0.644. The molecular formula is C19H17ClN2. The van der Waals surface area contributed by atoms with Crippen LogP contribution in [0, 0.1) is 32.1 Å². The lowest BCUT2D eigenvalue weighted by Gasteiger charge is -2.09. The van der Waals surface area contributed by atoms with E-state index in [-0.39, 0.29) is 0 Å². The number of halogens is 1. The van der Waals surface area contributed by atoms with Crippen LogP contribution in [0.2, 0.25) is 5.15 Å². The minimum absolute atomic E-state index is 0.520. The number of nitriles is 1. The van der Waals surface area contributed by atoms with Crippen molar-refractivity contribution in [2.75, 3.05) is 0 Å². The molecule has 0 spiro atoms. The van der Waals surface area contributed by atoms with Gasteiger partial charge in [-0.1, -0.05) is 47.5 Å². The van der Waals surface area contributed by atoms with E-state index in [0.29, 0.717) is 17.3 Å². The van der Waals surface area contributed by atoms with Gasteiger partial charge in [0.1, 0.15) is 11.2 Å². The van der Waals surface area contributed by atoms with E-state index in [0.717, 1.165) is 16.5 Å². The number of aryl methyl sites for hydroxylation is 3. The number of nitrogens with zero attached hydrogens (tertiary/aromatic N) is 2. The van der Waals surface area contributed by atoms with Gasteiger partial charge in [-0.2, -0.15) is 5.26 Å². The Labute approximate surface area is 135 Å². The highest BCUT2D eigenvalue weighted by atomic mass is 35.5. The van der Waals surface area contributed by atoms with Crippen molar-refractivity contribution in [1.82, 2.24) is 4.57 Å². The van der Waals surface area contributed by atoms with Crippen molar-refractivity contribution in [2.45, 2.75) is 27.3 Å². The molecule has 0 atom stereocenters. The standard InChI is InChI=1S/C19H17ClN2/c1-12-4-6-15(7-5-12)11-22-17-9-13(2)8-14(3)18(17)16(10-21)19(22)20/h4-9H,11H2,1-3H3. The molecule has 0 aliphatic heterocycles. The Bertz CT molecular complexity index is 896. The van der Waals surface area contributed by atoms with Crippen molar-refractivity contribution in [3.63, 3.8) is 0 Å². The first-order valence-electron chi connectivity index (χ1n) is 7.26. The van der Waals surface area contributed by atoms with Gasteiger partial charge < -0.3 is 4.57 Å². The van der Waals surface area contributed by atoms with E-state index in [2.05, 4.69) is 56.3 Å². The van der Waals surface area contributed by atoms with Gasteiger partial charge in [-0.25, -0.2) is 0 Å². The fourth-order valence-corrected chi connectivity index (χ4v) is 3.25. The molecule has 2 nitrogen and oxygen atoms in total. The summed E-state index contributed by atoms with van der Waals surface area (Å²) in [5, 5.41) is 11.0. The molecule has 22 heavy (non-hydrogen) atoms. The summed E-state index contributed by atoms with van der Waals surface area (Å²) in [4.78, 5) is 0. The second-order valence-corrected chi connectivity index (χ2v) is 6.18. The van der Waals surface area contributed by atoms with Crippen LogP contribution in [0.5, 0.6) is 0 Å². The SMILES string of the molecule is Cc1ccc(Cn2c(Cl)c(C#N)c3c(C)cc(C)cc32)cc1.